The van der Waals surface area contributed by atoms with Gasteiger partial charge in [0.25, 0.3) is 11.8 Å². The molecule has 4 amide bonds. The number of para-hydroxylation sites is 2. The summed E-state index contributed by atoms with van der Waals surface area (Å²) in [5.41, 5.74) is 11.0. The molecule has 0 bridgehead atoms. The molecule has 0 saturated carbocycles. The van der Waals surface area contributed by atoms with Gasteiger partial charge in [-0.1, -0.05) is 89.5 Å². The van der Waals surface area contributed by atoms with Gasteiger partial charge in [-0.3, -0.25) is 50.5 Å². The molecule has 0 spiro atoms. The maximum absolute atomic E-state index is 12.4. The van der Waals surface area contributed by atoms with Crippen molar-refractivity contribution in [2.24, 2.45) is 0 Å². The summed E-state index contributed by atoms with van der Waals surface area (Å²) in [6, 6.07) is 9.99. The van der Waals surface area contributed by atoms with Crippen LogP contribution in [0.25, 0.3) is 0 Å². The molecule has 0 heterocycles. The fraction of sp³-hybridized carbons (Fsp3) is 0.591. The molecule has 6 N–H and O–H groups in total. The first kappa shape index (κ1) is 51.7. The highest BCUT2D eigenvalue weighted by molar-refractivity contribution is 7.99. The monoisotopic (exact) mass is 874 g/mol. The smallest absolute Gasteiger partial charge is 0.306 e. The Labute approximate surface area is 363 Å². The Morgan fingerprint density at radius 2 is 0.867 bits per heavy atom. The Kier molecular flexibility index (Phi) is 27.9. The van der Waals surface area contributed by atoms with Gasteiger partial charge in [0, 0.05) is 35.9 Å². The summed E-state index contributed by atoms with van der Waals surface area (Å²) < 4.78 is 10.6. The van der Waals surface area contributed by atoms with Crippen molar-refractivity contribution < 1.29 is 48.5 Å². The number of thioether (sulfide) groups is 2. The number of carbonyl (C=O) groups is 6. The zero-order chi connectivity index (χ0) is 43.8. The summed E-state index contributed by atoms with van der Waals surface area (Å²) in [7, 11) is 0. The first-order chi connectivity index (χ1) is 29.1. The van der Waals surface area contributed by atoms with Crippen LogP contribution < -0.4 is 21.7 Å². The molecule has 0 aliphatic heterocycles. The highest BCUT2D eigenvalue weighted by atomic mass is 32.2. The van der Waals surface area contributed by atoms with Crippen LogP contribution in [0.2, 0.25) is 0 Å². The van der Waals surface area contributed by atoms with E-state index in [9.17, 15) is 39.0 Å². The van der Waals surface area contributed by atoms with Gasteiger partial charge in [-0.15, -0.1) is 0 Å². The van der Waals surface area contributed by atoms with Crippen LogP contribution in [0.15, 0.2) is 36.4 Å². The molecular formula is C44H66N4O10S2. The number of unbranched alkanes of at least 4 members (excludes halogenated alkanes) is 9. The second kappa shape index (κ2) is 32.3. The fourth-order valence-corrected chi connectivity index (χ4v) is 7.52. The summed E-state index contributed by atoms with van der Waals surface area (Å²) in [5.74, 6) is -0.512. The number of ether oxygens (including phenoxy) is 2. The first-order valence-corrected chi connectivity index (χ1v) is 23.6. The lowest BCUT2D eigenvalue weighted by atomic mass is 10.0. The summed E-state index contributed by atoms with van der Waals surface area (Å²) in [5, 5.41) is 20.8. The van der Waals surface area contributed by atoms with E-state index in [0.717, 1.165) is 77.0 Å². The SMILES string of the molecule is CCCCc1cccc(C(=O)NNC(=O)CCSCCC(=O)OCCCCCCCCCCOC(=O)CCSCCC(=O)NNC(=O)c2cccc(CCCC)c2O)c1O. The van der Waals surface area contributed by atoms with E-state index < -0.39 is 11.8 Å². The van der Waals surface area contributed by atoms with E-state index in [0.29, 0.717) is 60.2 Å². The predicted molar refractivity (Wildman–Crippen MR) is 237 cm³/mol. The Morgan fingerprint density at radius 3 is 1.25 bits per heavy atom. The molecule has 2 rings (SSSR count). The van der Waals surface area contributed by atoms with Crippen LogP contribution in [0.5, 0.6) is 11.5 Å². The molecule has 14 nitrogen and oxygen atoms in total. The van der Waals surface area contributed by atoms with Crippen LogP contribution in [0.1, 0.15) is 148 Å². The van der Waals surface area contributed by atoms with Gasteiger partial charge in [0.05, 0.1) is 37.2 Å². The number of hydrogen-bond donors (Lipinski definition) is 6. The van der Waals surface area contributed by atoms with Crippen molar-refractivity contribution in [3.63, 3.8) is 0 Å². The van der Waals surface area contributed by atoms with Crippen LogP contribution in [-0.2, 0) is 41.5 Å². The van der Waals surface area contributed by atoms with E-state index in [1.807, 2.05) is 13.8 Å². The number of hydrogen-bond acceptors (Lipinski definition) is 12. The fourth-order valence-electron chi connectivity index (χ4n) is 5.83. The molecule has 0 atom stereocenters. The van der Waals surface area contributed by atoms with Crippen LogP contribution in [0.4, 0.5) is 0 Å². The lowest BCUT2D eigenvalue weighted by molar-refractivity contribution is -0.144. The predicted octanol–water partition coefficient (Wildman–Crippen LogP) is 7.24. The highest BCUT2D eigenvalue weighted by Gasteiger charge is 2.16. The van der Waals surface area contributed by atoms with Gasteiger partial charge in [-0.25, -0.2) is 0 Å². The number of nitrogens with one attached hydrogen (secondary N) is 4. The number of carbonyl (C=O) groups excluding carboxylic acids is 6. The lowest BCUT2D eigenvalue weighted by Gasteiger charge is -2.11. The van der Waals surface area contributed by atoms with E-state index in [2.05, 4.69) is 21.7 Å². The summed E-state index contributed by atoms with van der Waals surface area (Å²) >= 11 is 2.91. The van der Waals surface area contributed by atoms with Crippen molar-refractivity contribution in [1.82, 2.24) is 21.7 Å². The molecule has 0 unspecified atom stereocenters. The number of aryl methyl sites for hydroxylation is 2. The zero-order valence-corrected chi connectivity index (χ0v) is 37.0. The maximum Gasteiger partial charge on any atom is 0.306 e. The molecule has 2 aromatic carbocycles. The van der Waals surface area contributed by atoms with Gasteiger partial charge in [0.15, 0.2) is 0 Å². The second-order valence-corrected chi connectivity index (χ2v) is 16.8. The van der Waals surface area contributed by atoms with Crippen molar-refractivity contribution in [1.29, 1.82) is 0 Å². The van der Waals surface area contributed by atoms with Gasteiger partial charge in [-0.2, -0.15) is 23.5 Å². The topological polar surface area (TPSA) is 209 Å². The number of phenols is 2. The minimum atomic E-state index is -0.583. The third kappa shape index (κ3) is 22.8. The van der Waals surface area contributed by atoms with Crippen LogP contribution in [0.3, 0.4) is 0 Å². The normalized spacial score (nSPS) is 10.8. The van der Waals surface area contributed by atoms with Gasteiger partial charge in [0.2, 0.25) is 11.8 Å². The minimum absolute atomic E-state index is 0.0683. The van der Waals surface area contributed by atoms with E-state index >= 15 is 0 Å². The molecule has 334 valence electrons. The summed E-state index contributed by atoms with van der Waals surface area (Å²) in [4.78, 5) is 73.1. The second-order valence-electron chi connectivity index (χ2n) is 14.3. The number of aromatic hydroxyl groups is 2. The summed E-state index contributed by atoms with van der Waals surface area (Å²) in [6.45, 7) is 4.88. The Balaban J connectivity index is 1.35. The van der Waals surface area contributed by atoms with Crippen molar-refractivity contribution in [2.75, 3.05) is 36.2 Å². The molecule has 0 saturated heterocycles. The quantitative estimate of drug-likeness (QED) is 0.0252. The van der Waals surface area contributed by atoms with E-state index in [-0.39, 0.29) is 72.1 Å². The molecule has 0 aliphatic rings. The molecule has 0 aliphatic carbocycles. The number of esters is 2. The maximum atomic E-state index is 12.4. The summed E-state index contributed by atoms with van der Waals surface area (Å²) in [6.07, 6.45) is 13.8. The number of rotatable bonds is 31. The highest BCUT2D eigenvalue weighted by Crippen LogP contribution is 2.25. The number of amides is 4. The average molecular weight is 875 g/mol. The average Bonchev–Trinajstić information content (AvgIpc) is 3.24. The number of benzene rings is 2. The van der Waals surface area contributed by atoms with E-state index in [4.69, 9.17) is 9.47 Å². The number of phenolic OH excluding ortho intramolecular Hbond substituents is 2. The van der Waals surface area contributed by atoms with Gasteiger partial charge in [-0.05, 0) is 61.8 Å². The van der Waals surface area contributed by atoms with Crippen molar-refractivity contribution in [3.05, 3.63) is 58.7 Å². The standard InChI is InChI=1S/C44H66N4O10S2/c1-3-5-17-33-19-15-21-35(41(33)53)43(55)47-45-37(49)23-29-59-31-25-39(51)57-27-13-11-9-7-8-10-12-14-28-58-40(52)26-32-60-30-24-38(50)46-48-44(56)36-22-16-20-34(42(36)54)18-6-4-2/h15-16,19-22,53-54H,3-14,17-18,23-32H2,1-2H3,(H,45,49)(H,46,50)(H,47,55)(H,48,56). The van der Waals surface area contributed by atoms with E-state index in [1.54, 1.807) is 24.3 Å². The van der Waals surface area contributed by atoms with Gasteiger partial charge < -0.3 is 19.7 Å². The number of hydrazine groups is 2. The van der Waals surface area contributed by atoms with Crippen molar-refractivity contribution in [2.45, 2.75) is 129 Å². The molecule has 0 fully saturated rings. The zero-order valence-electron chi connectivity index (χ0n) is 35.4. The lowest BCUT2D eigenvalue weighted by Crippen LogP contribution is -2.41. The molecular weight excluding hydrogens is 809 g/mol. The Morgan fingerprint density at radius 1 is 0.500 bits per heavy atom. The van der Waals surface area contributed by atoms with Crippen molar-refractivity contribution >= 4 is 59.1 Å². The van der Waals surface area contributed by atoms with Crippen LogP contribution >= 0.6 is 23.5 Å². The molecule has 0 radical (unpaired) electrons. The van der Waals surface area contributed by atoms with Crippen LogP contribution in [-0.4, -0.2) is 82.0 Å². The molecule has 16 heteroatoms. The third-order valence-corrected chi connectivity index (χ3v) is 11.3. The third-order valence-electron chi connectivity index (χ3n) is 9.37. The molecule has 2 aromatic rings. The van der Waals surface area contributed by atoms with Crippen molar-refractivity contribution in [3.8, 4) is 11.5 Å². The van der Waals surface area contributed by atoms with Gasteiger partial charge in [0.1, 0.15) is 11.5 Å². The largest absolute Gasteiger partial charge is 0.507 e. The van der Waals surface area contributed by atoms with E-state index in [1.165, 1.54) is 35.7 Å². The minimum Gasteiger partial charge on any atom is -0.507 e. The molecule has 60 heavy (non-hydrogen) atoms. The first-order valence-electron chi connectivity index (χ1n) is 21.3. The Hall–Kier alpha value is -4.44. The van der Waals surface area contributed by atoms with Crippen LogP contribution in [0, 0.1) is 0 Å². The molecule has 0 aromatic heterocycles. The Bertz CT molecular complexity index is 1510. The van der Waals surface area contributed by atoms with Gasteiger partial charge >= 0.3 is 11.9 Å².